The number of aromatic nitrogens is 4. The molecular weight excluding hydrogens is 290 g/mol. The molecule has 1 aromatic carbocycles. The second-order valence-corrected chi connectivity index (χ2v) is 5.90. The van der Waals surface area contributed by atoms with Gasteiger partial charge in [-0.1, -0.05) is 12.1 Å². The van der Waals surface area contributed by atoms with Gasteiger partial charge in [0, 0.05) is 25.2 Å². The van der Waals surface area contributed by atoms with Crippen LogP contribution in [0.2, 0.25) is 0 Å². The largest absolute Gasteiger partial charge is 0.346 e. The van der Waals surface area contributed by atoms with Gasteiger partial charge >= 0.3 is 0 Å². The summed E-state index contributed by atoms with van der Waals surface area (Å²) in [7, 11) is 0. The van der Waals surface area contributed by atoms with Crippen LogP contribution in [0.1, 0.15) is 28.4 Å². The van der Waals surface area contributed by atoms with Gasteiger partial charge < -0.3 is 9.88 Å². The highest BCUT2D eigenvalue weighted by atomic mass is 16.2. The number of fused-ring (bicyclic) bond motifs is 2. The first-order chi connectivity index (χ1) is 11.2. The maximum atomic E-state index is 12.4. The molecule has 23 heavy (non-hydrogen) atoms. The summed E-state index contributed by atoms with van der Waals surface area (Å²) in [6.07, 6.45) is 5.34. The highest BCUT2D eigenvalue weighted by Gasteiger charge is 2.22. The molecule has 2 aromatic heterocycles. The number of carbonyl (C=O) groups is 1. The van der Waals surface area contributed by atoms with Gasteiger partial charge in [-0.3, -0.25) is 9.78 Å². The molecule has 3 heterocycles. The standard InChI is InChI=1S/C17H17N5O/c1-11-9-22-10-12(6-7-16(22)19-11)20-17(23)15-8-18-13-4-2-3-5-14(13)21-15/h2-5,8-9,12H,6-7,10H2,1H3,(H,20,23)/t12-/m1/s1. The Labute approximate surface area is 133 Å². The second-order valence-electron chi connectivity index (χ2n) is 5.90. The molecule has 0 unspecified atom stereocenters. The molecule has 6 nitrogen and oxygen atoms in total. The Balaban J connectivity index is 1.51. The fourth-order valence-electron chi connectivity index (χ4n) is 3.03. The summed E-state index contributed by atoms with van der Waals surface area (Å²) in [5, 5.41) is 3.06. The first-order valence-corrected chi connectivity index (χ1v) is 7.74. The van der Waals surface area contributed by atoms with Crippen molar-refractivity contribution in [3.8, 4) is 0 Å². The Morgan fingerprint density at radius 1 is 1.26 bits per heavy atom. The van der Waals surface area contributed by atoms with Gasteiger partial charge in [-0.15, -0.1) is 0 Å². The number of hydrogen-bond donors (Lipinski definition) is 1. The zero-order valence-corrected chi connectivity index (χ0v) is 12.9. The third-order valence-corrected chi connectivity index (χ3v) is 4.13. The van der Waals surface area contributed by atoms with E-state index >= 15 is 0 Å². The normalized spacial score (nSPS) is 17.0. The number of carbonyl (C=O) groups excluding carboxylic acids is 1. The molecule has 1 aliphatic rings. The van der Waals surface area contributed by atoms with Crippen molar-refractivity contribution in [1.29, 1.82) is 0 Å². The lowest BCUT2D eigenvalue weighted by atomic mass is 10.1. The van der Waals surface area contributed by atoms with E-state index in [2.05, 4.69) is 24.8 Å². The van der Waals surface area contributed by atoms with Crippen LogP contribution in [-0.4, -0.2) is 31.5 Å². The van der Waals surface area contributed by atoms with Crippen molar-refractivity contribution in [2.45, 2.75) is 32.4 Å². The number of hydrogen-bond acceptors (Lipinski definition) is 4. The van der Waals surface area contributed by atoms with Crippen molar-refractivity contribution in [3.05, 3.63) is 53.9 Å². The topological polar surface area (TPSA) is 72.7 Å². The average Bonchev–Trinajstić information content (AvgIpc) is 2.93. The Bertz CT molecular complexity index is 886. The molecule has 1 N–H and O–H groups in total. The summed E-state index contributed by atoms with van der Waals surface area (Å²) >= 11 is 0. The highest BCUT2D eigenvalue weighted by molar-refractivity contribution is 5.93. The van der Waals surface area contributed by atoms with Gasteiger partial charge in [0.15, 0.2) is 0 Å². The summed E-state index contributed by atoms with van der Waals surface area (Å²) < 4.78 is 2.12. The highest BCUT2D eigenvalue weighted by Crippen LogP contribution is 2.15. The molecular formula is C17H17N5O. The number of benzene rings is 1. The number of aryl methyl sites for hydroxylation is 2. The number of rotatable bonds is 2. The lowest BCUT2D eigenvalue weighted by molar-refractivity contribution is 0.0922. The summed E-state index contributed by atoms with van der Waals surface area (Å²) in [5.74, 6) is 0.923. The molecule has 6 heteroatoms. The van der Waals surface area contributed by atoms with E-state index in [1.54, 1.807) is 0 Å². The minimum atomic E-state index is -0.173. The number of nitrogens with zero attached hydrogens (tertiary/aromatic N) is 4. The summed E-state index contributed by atoms with van der Waals surface area (Å²) in [6, 6.07) is 7.64. The summed E-state index contributed by atoms with van der Waals surface area (Å²) in [6.45, 7) is 2.74. The summed E-state index contributed by atoms with van der Waals surface area (Å²) in [4.78, 5) is 25.6. The third-order valence-electron chi connectivity index (χ3n) is 4.13. The summed E-state index contributed by atoms with van der Waals surface area (Å²) in [5.41, 5.74) is 2.90. The Kier molecular flexibility index (Phi) is 3.29. The average molecular weight is 307 g/mol. The van der Waals surface area contributed by atoms with Crippen molar-refractivity contribution >= 4 is 16.9 Å². The van der Waals surface area contributed by atoms with Crippen LogP contribution in [0.4, 0.5) is 0 Å². The van der Waals surface area contributed by atoms with Crippen molar-refractivity contribution in [2.24, 2.45) is 0 Å². The number of imidazole rings is 1. The maximum Gasteiger partial charge on any atom is 0.271 e. The molecule has 0 radical (unpaired) electrons. The quantitative estimate of drug-likeness (QED) is 0.784. The molecule has 0 bridgehead atoms. The first kappa shape index (κ1) is 13.9. The van der Waals surface area contributed by atoms with Crippen LogP contribution in [0.15, 0.2) is 36.7 Å². The number of para-hydroxylation sites is 2. The monoisotopic (exact) mass is 307 g/mol. The second kappa shape index (κ2) is 5.46. The van der Waals surface area contributed by atoms with E-state index in [0.717, 1.165) is 41.9 Å². The van der Waals surface area contributed by atoms with Gasteiger partial charge in [-0.2, -0.15) is 0 Å². The van der Waals surface area contributed by atoms with Crippen molar-refractivity contribution < 1.29 is 4.79 Å². The molecule has 3 aromatic rings. The van der Waals surface area contributed by atoms with Crippen LogP contribution in [0, 0.1) is 6.92 Å². The van der Waals surface area contributed by atoms with Gasteiger partial charge in [0.25, 0.3) is 5.91 Å². The van der Waals surface area contributed by atoms with E-state index in [4.69, 9.17) is 0 Å². The molecule has 0 fully saturated rings. The van der Waals surface area contributed by atoms with Gasteiger partial charge in [-0.25, -0.2) is 9.97 Å². The zero-order valence-electron chi connectivity index (χ0n) is 12.9. The fraction of sp³-hybridized carbons (Fsp3) is 0.294. The smallest absolute Gasteiger partial charge is 0.271 e. The molecule has 116 valence electrons. The van der Waals surface area contributed by atoms with Crippen LogP contribution in [0.5, 0.6) is 0 Å². The van der Waals surface area contributed by atoms with Crippen LogP contribution in [0.25, 0.3) is 11.0 Å². The Morgan fingerprint density at radius 2 is 2.09 bits per heavy atom. The van der Waals surface area contributed by atoms with E-state index in [1.807, 2.05) is 37.4 Å². The molecule has 4 rings (SSSR count). The van der Waals surface area contributed by atoms with E-state index in [9.17, 15) is 4.79 Å². The van der Waals surface area contributed by atoms with Crippen molar-refractivity contribution in [3.63, 3.8) is 0 Å². The van der Waals surface area contributed by atoms with Crippen molar-refractivity contribution in [1.82, 2.24) is 24.8 Å². The van der Waals surface area contributed by atoms with Crippen LogP contribution in [0.3, 0.4) is 0 Å². The lowest BCUT2D eigenvalue weighted by Gasteiger charge is -2.24. The predicted molar refractivity (Wildman–Crippen MR) is 86.1 cm³/mol. The Hall–Kier alpha value is -2.76. The van der Waals surface area contributed by atoms with E-state index in [-0.39, 0.29) is 11.9 Å². The SMILES string of the molecule is Cc1cn2c(n1)CC[C@@H](NC(=O)c1cnc3ccccc3n1)C2. The number of amides is 1. The van der Waals surface area contributed by atoms with E-state index < -0.39 is 0 Å². The Morgan fingerprint density at radius 3 is 2.96 bits per heavy atom. The molecule has 0 spiro atoms. The van der Waals surface area contributed by atoms with E-state index in [1.165, 1.54) is 6.20 Å². The molecule has 0 saturated carbocycles. The molecule has 1 amide bonds. The first-order valence-electron chi connectivity index (χ1n) is 7.74. The van der Waals surface area contributed by atoms with Crippen LogP contribution < -0.4 is 5.32 Å². The number of nitrogens with one attached hydrogen (secondary N) is 1. The fourth-order valence-corrected chi connectivity index (χ4v) is 3.03. The predicted octanol–water partition coefficient (Wildman–Crippen LogP) is 1.88. The van der Waals surface area contributed by atoms with Gasteiger partial charge in [0.1, 0.15) is 11.5 Å². The third kappa shape index (κ3) is 2.67. The maximum absolute atomic E-state index is 12.4. The minimum absolute atomic E-state index is 0.0943. The van der Waals surface area contributed by atoms with Crippen LogP contribution in [-0.2, 0) is 13.0 Å². The van der Waals surface area contributed by atoms with Gasteiger partial charge in [0.2, 0.25) is 0 Å². The zero-order chi connectivity index (χ0) is 15.8. The lowest BCUT2D eigenvalue weighted by Crippen LogP contribution is -2.41. The van der Waals surface area contributed by atoms with Crippen molar-refractivity contribution in [2.75, 3.05) is 0 Å². The van der Waals surface area contributed by atoms with Gasteiger partial charge in [-0.05, 0) is 25.5 Å². The molecule has 0 aliphatic carbocycles. The minimum Gasteiger partial charge on any atom is -0.346 e. The molecule has 0 saturated heterocycles. The van der Waals surface area contributed by atoms with Crippen LogP contribution >= 0.6 is 0 Å². The molecule has 1 aliphatic heterocycles. The molecule has 1 atom stereocenters. The van der Waals surface area contributed by atoms with E-state index in [0.29, 0.717) is 5.69 Å². The van der Waals surface area contributed by atoms with Gasteiger partial charge in [0.05, 0.1) is 22.9 Å².